The van der Waals surface area contributed by atoms with Crippen LogP contribution in [-0.4, -0.2) is 21.7 Å². The largest absolute Gasteiger partial charge is 0.365 e. The average Bonchev–Trinajstić information content (AvgIpc) is 2.83. The second-order valence-electron chi connectivity index (χ2n) is 5.43. The van der Waals surface area contributed by atoms with Crippen molar-refractivity contribution >= 4 is 39.1 Å². The Balaban J connectivity index is 2.03. The summed E-state index contributed by atoms with van der Waals surface area (Å²) in [4.78, 5) is 12.9. The molecule has 0 aliphatic carbocycles. The zero-order valence-corrected chi connectivity index (χ0v) is 14.7. The fourth-order valence-corrected chi connectivity index (χ4v) is 3.20. The Labute approximate surface area is 147 Å². The molecule has 118 valence electrons. The van der Waals surface area contributed by atoms with E-state index in [2.05, 4.69) is 21.0 Å². The number of halogens is 2. The minimum absolute atomic E-state index is 0.255. The molecule has 1 aliphatic heterocycles. The third-order valence-corrected chi connectivity index (χ3v) is 4.67. The summed E-state index contributed by atoms with van der Waals surface area (Å²) < 4.78 is 0.656. The minimum atomic E-state index is -1.51. The molecule has 1 N–H and O–H groups in total. The molecule has 6 heteroatoms. The van der Waals surface area contributed by atoms with Crippen LogP contribution in [0.1, 0.15) is 29.3 Å². The average molecular weight is 394 g/mol. The Kier molecular flexibility index (Phi) is 4.27. The van der Waals surface area contributed by atoms with Gasteiger partial charge in [-0.2, -0.15) is 10.1 Å². The van der Waals surface area contributed by atoms with Crippen LogP contribution in [0.3, 0.4) is 0 Å². The van der Waals surface area contributed by atoms with Crippen LogP contribution in [0.2, 0.25) is 5.02 Å². The number of hydrogen-bond donors (Lipinski definition) is 1. The van der Waals surface area contributed by atoms with Gasteiger partial charge in [0.15, 0.2) is 5.72 Å². The predicted molar refractivity (Wildman–Crippen MR) is 93.4 cm³/mol. The first kappa shape index (κ1) is 16.2. The Hall–Kier alpha value is -1.69. The van der Waals surface area contributed by atoms with E-state index < -0.39 is 5.72 Å². The van der Waals surface area contributed by atoms with Gasteiger partial charge in [-0.25, -0.2) is 0 Å². The van der Waals surface area contributed by atoms with Crippen molar-refractivity contribution in [2.24, 2.45) is 5.10 Å². The highest BCUT2D eigenvalue weighted by Gasteiger charge is 2.45. The molecule has 4 nitrogen and oxygen atoms in total. The summed E-state index contributed by atoms with van der Waals surface area (Å²) in [5.41, 5.74) is 0.185. The highest BCUT2D eigenvalue weighted by molar-refractivity contribution is 9.10. The van der Waals surface area contributed by atoms with E-state index >= 15 is 0 Å². The number of nitrogens with zero attached hydrogens (tertiary/aromatic N) is 2. The Morgan fingerprint density at radius 3 is 2.57 bits per heavy atom. The number of aliphatic hydroxyl groups is 1. The normalized spacial score (nSPS) is 20.5. The third kappa shape index (κ3) is 2.92. The zero-order chi connectivity index (χ0) is 16.6. The molecular weight excluding hydrogens is 380 g/mol. The Morgan fingerprint density at radius 2 is 1.91 bits per heavy atom. The summed E-state index contributed by atoms with van der Waals surface area (Å²) in [6.45, 7) is 1.79. The number of carbonyl (C=O) groups is 1. The lowest BCUT2D eigenvalue weighted by molar-refractivity contribution is -0.0765. The van der Waals surface area contributed by atoms with Gasteiger partial charge in [-0.1, -0.05) is 35.9 Å². The van der Waals surface area contributed by atoms with Gasteiger partial charge >= 0.3 is 0 Å². The fourth-order valence-electron chi connectivity index (χ4n) is 2.62. The first-order valence-corrected chi connectivity index (χ1v) is 8.20. The summed E-state index contributed by atoms with van der Waals surface area (Å²) in [7, 11) is 0. The summed E-state index contributed by atoms with van der Waals surface area (Å²) in [6.07, 6.45) is 0.255. The summed E-state index contributed by atoms with van der Waals surface area (Å²) in [5, 5.41) is 17.1. The number of amides is 1. The van der Waals surface area contributed by atoms with Crippen molar-refractivity contribution in [1.29, 1.82) is 0 Å². The molecule has 1 aliphatic rings. The smallest absolute Gasteiger partial charge is 0.278 e. The second-order valence-corrected chi connectivity index (χ2v) is 6.72. The minimum Gasteiger partial charge on any atom is -0.365 e. The molecule has 0 spiro atoms. The molecule has 0 saturated carbocycles. The fraction of sp³-hybridized carbons (Fsp3) is 0.176. The van der Waals surface area contributed by atoms with Crippen LogP contribution in [0.15, 0.2) is 58.1 Å². The quantitative estimate of drug-likeness (QED) is 0.832. The monoisotopic (exact) mass is 392 g/mol. The Bertz CT molecular complexity index is 791. The SMILES string of the molecule is CC1=NN(C(=O)c2ccccc2Br)[C@](O)(c2ccc(Cl)cc2)C1. The molecule has 0 saturated heterocycles. The first-order valence-electron chi connectivity index (χ1n) is 7.03. The maximum Gasteiger partial charge on any atom is 0.278 e. The van der Waals surface area contributed by atoms with E-state index in [0.29, 0.717) is 26.3 Å². The molecule has 3 rings (SSSR count). The van der Waals surface area contributed by atoms with Crippen LogP contribution in [0.5, 0.6) is 0 Å². The lowest BCUT2D eigenvalue weighted by Gasteiger charge is -2.31. The van der Waals surface area contributed by atoms with Crippen molar-refractivity contribution in [3.63, 3.8) is 0 Å². The zero-order valence-electron chi connectivity index (χ0n) is 12.3. The van der Waals surface area contributed by atoms with Gasteiger partial charge in [-0.3, -0.25) is 4.79 Å². The van der Waals surface area contributed by atoms with Gasteiger partial charge < -0.3 is 5.11 Å². The van der Waals surface area contributed by atoms with Crippen molar-refractivity contribution in [3.8, 4) is 0 Å². The molecular formula is C17H14BrClN2O2. The van der Waals surface area contributed by atoms with Gasteiger partial charge in [-0.15, -0.1) is 0 Å². The van der Waals surface area contributed by atoms with Crippen LogP contribution in [0.4, 0.5) is 0 Å². The Morgan fingerprint density at radius 1 is 1.26 bits per heavy atom. The van der Waals surface area contributed by atoms with Gasteiger partial charge in [0.05, 0.1) is 5.56 Å². The summed E-state index contributed by atoms with van der Waals surface area (Å²) in [5.74, 6) is -0.369. The van der Waals surface area contributed by atoms with Gasteiger partial charge in [0, 0.05) is 27.2 Å². The highest BCUT2D eigenvalue weighted by Crippen LogP contribution is 2.37. The van der Waals surface area contributed by atoms with Crippen molar-refractivity contribution < 1.29 is 9.90 Å². The molecule has 0 radical (unpaired) electrons. The maximum absolute atomic E-state index is 12.9. The highest BCUT2D eigenvalue weighted by atomic mass is 79.9. The van der Waals surface area contributed by atoms with Gasteiger partial charge in [0.25, 0.3) is 5.91 Å². The standard InChI is InChI=1S/C17H14BrClN2O2/c1-11-10-17(23,12-6-8-13(19)9-7-12)21(20-11)16(22)14-4-2-3-5-15(14)18/h2-9,23H,10H2,1H3/t17-/m1/s1. The molecule has 0 unspecified atom stereocenters. The summed E-state index contributed by atoms with van der Waals surface area (Å²) >= 11 is 9.28. The van der Waals surface area contributed by atoms with Gasteiger partial charge in [-0.05, 0) is 47.1 Å². The molecule has 1 atom stereocenters. The first-order chi connectivity index (χ1) is 10.9. The van der Waals surface area contributed by atoms with Crippen LogP contribution < -0.4 is 0 Å². The van der Waals surface area contributed by atoms with Crippen molar-refractivity contribution in [3.05, 3.63) is 69.2 Å². The molecule has 0 aromatic heterocycles. The third-order valence-electron chi connectivity index (χ3n) is 3.73. The molecule has 0 bridgehead atoms. The number of rotatable bonds is 2. The number of hydrogen-bond acceptors (Lipinski definition) is 3. The number of carbonyl (C=O) groups excluding carboxylic acids is 1. The molecule has 23 heavy (non-hydrogen) atoms. The number of hydrazone groups is 1. The number of benzene rings is 2. The van der Waals surface area contributed by atoms with Crippen LogP contribution in [0.25, 0.3) is 0 Å². The van der Waals surface area contributed by atoms with Crippen LogP contribution >= 0.6 is 27.5 Å². The van der Waals surface area contributed by atoms with E-state index in [1.165, 1.54) is 0 Å². The van der Waals surface area contributed by atoms with Crippen LogP contribution in [-0.2, 0) is 5.72 Å². The lowest BCUT2D eigenvalue weighted by atomic mass is 9.97. The maximum atomic E-state index is 12.9. The van der Waals surface area contributed by atoms with E-state index in [9.17, 15) is 9.90 Å². The van der Waals surface area contributed by atoms with Crippen molar-refractivity contribution in [2.45, 2.75) is 19.1 Å². The second kappa shape index (κ2) is 6.07. The lowest BCUT2D eigenvalue weighted by Crippen LogP contribution is -2.43. The van der Waals surface area contributed by atoms with E-state index in [1.807, 2.05) is 6.07 Å². The predicted octanol–water partition coefficient (Wildman–Crippen LogP) is 4.17. The van der Waals surface area contributed by atoms with Crippen molar-refractivity contribution in [1.82, 2.24) is 5.01 Å². The molecule has 1 heterocycles. The topological polar surface area (TPSA) is 52.9 Å². The molecule has 1 amide bonds. The van der Waals surface area contributed by atoms with Crippen molar-refractivity contribution in [2.75, 3.05) is 0 Å². The molecule has 0 fully saturated rings. The van der Waals surface area contributed by atoms with E-state index in [4.69, 9.17) is 11.6 Å². The van der Waals surface area contributed by atoms with E-state index in [-0.39, 0.29) is 12.3 Å². The molecule has 2 aromatic carbocycles. The van der Waals surface area contributed by atoms with Crippen LogP contribution in [0, 0.1) is 0 Å². The van der Waals surface area contributed by atoms with E-state index in [0.717, 1.165) is 5.01 Å². The van der Waals surface area contributed by atoms with Gasteiger partial charge in [0.2, 0.25) is 0 Å². The molecule has 2 aromatic rings. The summed E-state index contributed by atoms with van der Waals surface area (Å²) in [6, 6.07) is 13.8. The van der Waals surface area contributed by atoms with E-state index in [1.54, 1.807) is 49.4 Å². The van der Waals surface area contributed by atoms with Gasteiger partial charge in [0.1, 0.15) is 0 Å².